The van der Waals surface area contributed by atoms with E-state index in [1.807, 2.05) is 13.0 Å². The van der Waals surface area contributed by atoms with Crippen molar-refractivity contribution >= 4 is 33.4 Å². The van der Waals surface area contributed by atoms with Crippen LogP contribution in [0.5, 0.6) is 0 Å². The predicted molar refractivity (Wildman–Crippen MR) is 123 cm³/mol. The zero-order chi connectivity index (χ0) is 23.3. The van der Waals surface area contributed by atoms with Crippen LogP contribution in [-0.2, 0) is 25.4 Å². The number of rotatable bonds is 4. The van der Waals surface area contributed by atoms with Crippen molar-refractivity contribution in [2.45, 2.75) is 27.3 Å². The van der Waals surface area contributed by atoms with Crippen LogP contribution in [0.1, 0.15) is 16.8 Å². The number of hydrogen-bond donors (Lipinski definition) is 1. The van der Waals surface area contributed by atoms with Gasteiger partial charge in [0.25, 0.3) is 5.56 Å². The Hall–Kier alpha value is -3.53. The van der Waals surface area contributed by atoms with Crippen LogP contribution >= 0.6 is 11.3 Å². The fourth-order valence-corrected chi connectivity index (χ4v) is 4.38. The van der Waals surface area contributed by atoms with E-state index in [2.05, 4.69) is 10.3 Å². The van der Waals surface area contributed by atoms with E-state index >= 15 is 0 Å². The maximum absolute atomic E-state index is 14.1. The second kappa shape index (κ2) is 7.86. The molecular formula is C22H22FN5O3S. The SMILES string of the molecule is Cc1cc(-c2csc(NC(=O)Cn3c(C)cc4c3c(=O)n(C)c(=O)n4C)n2)cc(F)c1C. The lowest BCUT2D eigenvalue weighted by molar-refractivity contribution is -0.116. The van der Waals surface area contributed by atoms with Gasteiger partial charge >= 0.3 is 5.69 Å². The van der Waals surface area contributed by atoms with E-state index in [9.17, 15) is 18.8 Å². The monoisotopic (exact) mass is 455 g/mol. The van der Waals surface area contributed by atoms with Gasteiger partial charge in [0.1, 0.15) is 17.9 Å². The number of hydrogen-bond acceptors (Lipinski definition) is 5. The van der Waals surface area contributed by atoms with Crippen LogP contribution in [0.3, 0.4) is 0 Å². The Labute approximate surface area is 186 Å². The molecule has 10 heteroatoms. The normalized spacial score (nSPS) is 11.3. The predicted octanol–water partition coefficient (Wildman–Crippen LogP) is 2.87. The van der Waals surface area contributed by atoms with Crippen molar-refractivity contribution in [1.29, 1.82) is 0 Å². The average Bonchev–Trinajstić information content (AvgIpc) is 3.33. The fraction of sp³-hybridized carbons (Fsp3) is 0.273. The second-order valence-corrected chi connectivity index (χ2v) is 8.66. The molecule has 1 N–H and O–H groups in total. The standard InChI is InChI=1S/C22H22FN5O3S/c1-11-6-14(8-15(23)13(11)3)16-10-32-21(24-16)25-18(29)9-28-12(2)7-17-19(28)20(30)27(5)22(31)26(17)4/h6-8,10H,9H2,1-5H3,(H,24,25,29). The Balaban J connectivity index is 1.61. The van der Waals surface area contributed by atoms with E-state index in [1.165, 1.54) is 29.0 Å². The number of amides is 1. The van der Waals surface area contributed by atoms with Crippen molar-refractivity contribution in [2.75, 3.05) is 5.32 Å². The molecule has 0 fully saturated rings. The molecule has 0 aliphatic rings. The molecule has 4 aromatic rings. The van der Waals surface area contributed by atoms with Crippen molar-refractivity contribution in [3.63, 3.8) is 0 Å². The molecule has 0 bridgehead atoms. The molecular weight excluding hydrogens is 433 g/mol. The third-order valence-electron chi connectivity index (χ3n) is 5.68. The van der Waals surface area contributed by atoms with Crippen LogP contribution in [0.15, 0.2) is 33.2 Å². The molecule has 166 valence electrons. The van der Waals surface area contributed by atoms with Crippen molar-refractivity contribution in [3.05, 3.63) is 67.1 Å². The number of fused-ring (bicyclic) bond motifs is 1. The van der Waals surface area contributed by atoms with E-state index < -0.39 is 11.2 Å². The highest BCUT2D eigenvalue weighted by molar-refractivity contribution is 7.14. The minimum absolute atomic E-state index is 0.115. The minimum Gasteiger partial charge on any atom is -0.330 e. The number of carbonyl (C=O) groups excluding carboxylic acids is 1. The molecule has 0 aliphatic carbocycles. The van der Waals surface area contributed by atoms with Crippen LogP contribution in [0, 0.1) is 26.6 Å². The first-order valence-electron chi connectivity index (χ1n) is 9.86. The van der Waals surface area contributed by atoms with Gasteiger partial charge < -0.3 is 9.88 Å². The first-order valence-corrected chi connectivity index (χ1v) is 10.7. The lowest BCUT2D eigenvalue weighted by Gasteiger charge is -2.09. The first kappa shape index (κ1) is 21.7. The van der Waals surface area contributed by atoms with Gasteiger partial charge in [-0.25, -0.2) is 14.2 Å². The van der Waals surface area contributed by atoms with Crippen molar-refractivity contribution in [3.8, 4) is 11.3 Å². The Morgan fingerprint density at radius 1 is 1.12 bits per heavy atom. The summed E-state index contributed by atoms with van der Waals surface area (Å²) in [6.45, 7) is 5.21. The molecule has 0 atom stereocenters. The number of anilines is 1. The molecule has 0 unspecified atom stereocenters. The maximum atomic E-state index is 14.1. The molecule has 4 rings (SSSR count). The highest BCUT2D eigenvalue weighted by Gasteiger charge is 2.18. The number of halogens is 1. The van der Waals surface area contributed by atoms with E-state index in [0.29, 0.717) is 33.2 Å². The maximum Gasteiger partial charge on any atom is 0.331 e. The molecule has 0 saturated carbocycles. The third kappa shape index (κ3) is 3.56. The van der Waals surface area contributed by atoms with Crippen molar-refractivity contribution < 1.29 is 9.18 Å². The number of nitrogens with zero attached hydrogens (tertiary/aromatic N) is 4. The molecule has 0 saturated heterocycles. The Kier molecular flexibility index (Phi) is 5.33. The van der Waals surface area contributed by atoms with Gasteiger partial charge in [0, 0.05) is 30.7 Å². The van der Waals surface area contributed by atoms with Crippen LogP contribution in [0.25, 0.3) is 22.3 Å². The highest BCUT2D eigenvalue weighted by atomic mass is 32.1. The summed E-state index contributed by atoms with van der Waals surface area (Å²) in [4.78, 5) is 42.0. The largest absolute Gasteiger partial charge is 0.331 e. The number of benzene rings is 1. The molecule has 0 spiro atoms. The summed E-state index contributed by atoms with van der Waals surface area (Å²) in [6, 6.07) is 4.99. The minimum atomic E-state index is -0.461. The number of aryl methyl sites for hydroxylation is 3. The smallest absolute Gasteiger partial charge is 0.330 e. The molecule has 3 heterocycles. The molecule has 8 nitrogen and oxygen atoms in total. The Bertz CT molecular complexity index is 1490. The lowest BCUT2D eigenvalue weighted by atomic mass is 10.0. The topological polar surface area (TPSA) is 90.9 Å². The van der Waals surface area contributed by atoms with Gasteiger partial charge in [-0.05, 0) is 50.1 Å². The van der Waals surface area contributed by atoms with Crippen LogP contribution in [0.2, 0.25) is 0 Å². The second-order valence-electron chi connectivity index (χ2n) is 7.80. The quantitative estimate of drug-likeness (QED) is 0.512. The number of aromatic nitrogens is 4. The van der Waals surface area contributed by atoms with Crippen LogP contribution < -0.4 is 16.6 Å². The highest BCUT2D eigenvalue weighted by Crippen LogP contribution is 2.28. The van der Waals surface area contributed by atoms with Crippen LogP contribution in [0.4, 0.5) is 9.52 Å². The van der Waals surface area contributed by atoms with Crippen LogP contribution in [-0.4, -0.2) is 24.6 Å². The third-order valence-corrected chi connectivity index (χ3v) is 6.44. The molecule has 32 heavy (non-hydrogen) atoms. The van der Waals surface area contributed by atoms with E-state index in [1.54, 1.807) is 36.9 Å². The molecule has 1 amide bonds. The van der Waals surface area contributed by atoms with Gasteiger partial charge in [-0.3, -0.25) is 18.7 Å². The van der Waals surface area contributed by atoms with Gasteiger partial charge in [-0.2, -0.15) is 0 Å². The number of nitrogens with one attached hydrogen (secondary N) is 1. The van der Waals surface area contributed by atoms with E-state index in [0.717, 1.165) is 10.1 Å². The summed E-state index contributed by atoms with van der Waals surface area (Å²) in [5.74, 6) is -0.668. The van der Waals surface area contributed by atoms with E-state index in [4.69, 9.17) is 0 Å². The molecule has 0 radical (unpaired) electrons. The number of thiazole rings is 1. The van der Waals surface area contributed by atoms with Gasteiger partial charge in [-0.1, -0.05) is 0 Å². The van der Waals surface area contributed by atoms with Gasteiger partial charge in [0.15, 0.2) is 5.13 Å². The van der Waals surface area contributed by atoms with Gasteiger partial charge in [0.05, 0.1) is 11.2 Å². The van der Waals surface area contributed by atoms with Gasteiger partial charge in [-0.15, -0.1) is 11.3 Å². The fourth-order valence-electron chi connectivity index (χ4n) is 3.65. The average molecular weight is 456 g/mol. The molecule has 0 aliphatic heterocycles. The number of carbonyl (C=O) groups is 1. The van der Waals surface area contributed by atoms with Crippen molar-refractivity contribution in [1.82, 2.24) is 18.7 Å². The Morgan fingerprint density at radius 3 is 2.53 bits per heavy atom. The summed E-state index contributed by atoms with van der Waals surface area (Å²) in [5.41, 5.74) is 3.17. The summed E-state index contributed by atoms with van der Waals surface area (Å²) >= 11 is 1.23. The van der Waals surface area contributed by atoms with E-state index in [-0.39, 0.29) is 23.8 Å². The molecule has 1 aromatic carbocycles. The van der Waals surface area contributed by atoms with Gasteiger partial charge in [0.2, 0.25) is 5.91 Å². The summed E-state index contributed by atoms with van der Waals surface area (Å²) in [6.07, 6.45) is 0. The first-order chi connectivity index (χ1) is 15.1. The summed E-state index contributed by atoms with van der Waals surface area (Å²) in [7, 11) is 2.99. The Morgan fingerprint density at radius 2 is 1.84 bits per heavy atom. The molecule has 3 aromatic heterocycles. The zero-order valence-electron chi connectivity index (χ0n) is 18.3. The zero-order valence-corrected chi connectivity index (χ0v) is 19.1. The summed E-state index contributed by atoms with van der Waals surface area (Å²) in [5, 5.41) is 4.86. The lowest BCUT2D eigenvalue weighted by Crippen LogP contribution is -2.37. The summed E-state index contributed by atoms with van der Waals surface area (Å²) < 4.78 is 18.1. The van der Waals surface area contributed by atoms with Crippen molar-refractivity contribution in [2.24, 2.45) is 14.1 Å².